The summed E-state index contributed by atoms with van der Waals surface area (Å²) in [6.45, 7) is 4.85. The zero-order chi connectivity index (χ0) is 25.5. The van der Waals surface area contributed by atoms with Crippen LogP contribution in [0, 0.1) is 0 Å². The van der Waals surface area contributed by atoms with E-state index in [9.17, 15) is 4.79 Å². The highest BCUT2D eigenvalue weighted by Crippen LogP contribution is 2.38. The summed E-state index contributed by atoms with van der Waals surface area (Å²) >= 11 is 0. The fourth-order valence-corrected chi connectivity index (χ4v) is 4.19. The Bertz CT molecular complexity index is 1370. The maximum atomic E-state index is 12.7. The van der Waals surface area contributed by atoms with Crippen molar-refractivity contribution in [3.8, 4) is 28.4 Å². The minimum Gasteiger partial charge on any atom is -0.497 e. The van der Waals surface area contributed by atoms with Crippen molar-refractivity contribution in [1.82, 2.24) is 5.32 Å². The lowest BCUT2D eigenvalue weighted by molar-refractivity contribution is -0.116. The van der Waals surface area contributed by atoms with E-state index in [0.29, 0.717) is 25.3 Å². The largest absolute Gasteiger partial charge is 0.497 e. The van der Waals surface area contributed by atoms with Gasteiger partial charge in [-0.1, -0.05) is 30.3 Å². The maximum absolute atomic E-state index is 12.7. The van der Waals surface area contributed by atoms with E-state index < -0.39 is 0 Å². The Morgan fingerprint density at radius 2 is 1.78 bits per heavy atom. The molecular weight excluding hydrogens is 454 g/mol. The Labute approximate surface area is 211 Å². The molecule has 0 aliphatic rings. The normalized spacial score (nSPS) is 11.4. The van der Waals surface area contributed by atoms with Gasteiger partial charge in [-0.2, -0.15) is 0 Å². The van der Waals surface area contributed by atoms with E-state index in [1.54, 1.807) is 26.6 Å². The number of methoxy groups -OCH3 is 2. The number of amides is 1. The summed E-state index contributed by atoms with van der Waals surface area (Å²) in [7, 11) is 3.30. The van der Waals surface area contributed by atoms with Gasteiger partial charge in [0.1, 0.15) is 22.8 Å². The number of rotatable bonds is 10. The van der Waals surface area contributed by atoms with Crippen molar-refractivity contribution in [2.24, 2.45) is 0 Å². The van der Waals surface area contributed by atoms with Crippen molar-refractivity contribution in [3.05, 3.63) is 84.1 Å². The predicted molar refractivity (Wildman–Crippen MR) is 143 cm³/mol. The van der Waals surface area contributed by atoms with Gasteiger partial charge < -0.3 is 23.9 Å². The number of hydrogen-bond acceptors (Lipinski definition) is 5. The standard InChI is InChI=1S/C30H31NO5/c1-5-35-28-18-29-25(26(19-36-29)21-10-12-23(33-3)13-11-21)17-24(28)20(2)16-30(32)31-15-14-22-8-6-7-9-27(22)34-4/h6-13,16-19H,5,14-15H2,1-4H3,(H,31,32)/b20-16+. The Hall–Kier alpha value is -4.19. The molecule has 1 aromatic heterocycles. The minimum absolute atomic E-state index is 0.160. The highest BCUT2D eigenvalue weighted by atomic mass is 16.5. The molecule has 1 N–H and O–H groups in total. The molecule has 0 unspecified atom stereocenters. The molecule has 0 spiro atoms. The molecule has 3 aromatic carbocycles. The smallest absolute Gasteiger partial charge is 0.244 e. The van der Waals surface area contributed by atoms with Crippen LogP contribution in [0.25, 0.3) is 27.7 Å². The first-order chi connectivity index (χ1) is 17.5. The monoisotopic (exact) mass is 485 g/mol. The van der Waals surface area contributed by atoms with Crippen molar-refractivity contribution in [2.45, 2.75) is 20.3 Å². The van der Waals surface area contributed by atoms with Crippen molar-refractivity contribution < 1.29 is 23.4 Å². The number of allylic oxidation sites excluding steroid dienone is 1. The average molecular weight is 486 g/mol. The summed E-state index contributed by atoms with van der Waals surface area (Å²) < 4.78 is 22.4. The van der Waals surface area contributed by atoms with Crippen LogP contribution in [-0.2, 0) is 11.2 Å². The van der Waals surface area contributed by atoms with Gasteiger partial charge in [0.25, 0.3) is 0 Å². The third-order valence-electron chi connectivity index (χ3n) is 6.04. The van der Waals surface area contributed by atoms with E-state index in [-0.39, 0.29) is 5.91 Å². The van der Waals surface area contributed by atoms with Gasteiger partial charge in [0, 0.05) is 35.2 Å². The van der Waals surface area contributed by atoms with Gasteiger partial charge in [-0.25, -0.2) is 0 Å². The lowest BCUT2D eigenvalue weighted by Gasteiger charge is -2.12. The van der Waals surface area contributed by atoms with Crippen LogP contribution in [-0.4, -0.2) is 33.3 Å². The Balaban J connectivity index is 1.57. The SMILES string of the molecule is CCOc1cc2occ(-c3ccc(OC)cc3)c2cc1/C(C)=C/C(=O)NCCc1ccccc1OC. The number of para-hydroxylation sites is 1. The van der Waals surface area contributed by atoms with Gasteiger partial charge in [-0.3, -0.25) is 4.79 Å². The van der Waals surface area contributed by atoms with E-state index in [1.165, 1.54) is 0 Å². The Morgan fingerprint density at radius 3 is 2.50 bits per heavy atom. The zero-order valence-electron chi connectivity index (χ0n) is 21.1. The van der Waals surface area contributed by atoms with Gasteiger partial charge in [0.2, 0.25) is 5.91 Å². The molecule has 6 heteroatoms. The molecular formula is C30H31NO5. The fourth-order valence-electron chi connectivity index (χ4n) is 4.19. The second-order valence-corrected chi connectivity index (χ2v) is 8.34. The molecule has 0 radical (unpaired) electrons. The molecule has 1 heterocycles. The molecule has 0 saturated heterocycles. The molecule has 0 bridgehead atoms. The van der Waals surface area contributed by atoms with E-state index in [1.807, 2.05) is 74.5 Å². The molecule has 0 saturated carbocycles. The molecule has 1 amide bonds. The van der Waals surface area contributed by atoms with Gasteiger partial charge in [-0.05, 0) is 61.2 Å². The minimum atomic E-state index is -0.160. The van der Waals surface area contributed by atoms with E-state index >= 15 is 0 Å². The van der Waals surface area contributed by atoms with Crippen LogP contribution < -0.4 is 19.5 Å². The number of furan rings is 1. The summed E-state index contributed by atoms with van der Waals surface area (Å²) in [6, 6.07) is 19.6. The fraction of sp³-hybridized carbons (Fsp3) is 0.233. The Morgan fingerprint density at radius 1 is 1.00 bits per heavy atom. The highest BCUT2D eigenvalue weighted by molar-refractivity contribution is 6.00. The zero-order valence-corrected chi connectivity index (χ0v) is 21.1. The summed E-state index contributed by atoms with van der Waals surface area (Å²) in [5.74, 6) is 2.13. The van der Waals surface area contributed by atoms with Gasteiger partial charge in [-0.15, -0.1) is 0 Å². The molecule has 0 atom stereocenters. The summed E-state index contributed by atoms with van der Waals surface area (Å²) in [5, 5.41) is 3.92. The van der Waals surface area contributed by atoms with Gasteiger partial charge in [0.15, 0.2) is 0 Å². The first kappa shape index (κ1) is 24.9. The predicted octanol–water partition coefficient (Wildman–Crippen LogP) is 6.28. The number of hydrogen-bond donors (Lipinski definition) is 1. The van der Waals surface area contributed by atoms with E-state index in [4.69, 9.17) is 18.6 Å². The number of benzene rings is 3. The van der Waals surface area contributed by atoms with Crippen LogP contribution in [0.5, 0.6) is 17.2 Å². The number of nitrogens with one attached hydrogen (secondary N) is 1. The highest BCUT2D eigenvalue weighted by Gasteiger charge is 2.15. The Kier molecular flexibility index (Phi) is 7.95. The average Bonchev–Trinajstić information content (AvgIpc) is 3.31. The second-order valence-electron chi connectivity index (χ2n) is 8.34. The lowest BCUT2D eigenvalue weighted by Crippen LogP contribution is -2.24. The van der Waals surface area contributed by atoms with Crippen molar-refractivity contribution in [2.75, 3.05) is 27.4 Å². The van der Waals surface area contributed by atoms with Crippen LogP contribution in [0.3, 0.4) is 0 Å². The molecule has 36 heavy (non-hydrogen) atoms. The topological polar surface area (TPSA) is 69.9 Å². The summed E-state index contributed by atoms with van der Waals surface area (Å²) in [5.41, 5.74) is 5.40. The van der Waals surface area contributed by atoms with Crippen molar-refractivity contribution >= 4 is 22.4 Å². The molecule has 6 nitrogen and oxygen atoms in total. The molecule has 4 aromatic rings. The molecule has 4 rings (SSSR count). The summed E-state index contributed by atoms with van der Waals surface area (Å²) in [6.07, 6.45) is 4.04. The third kappa shape index (κ3) is 5.54. The molecule has 0 aliphatic heterocycles. The van der Waals surface area contributed by atoms with E-state index in [2.05, 4.69) is 5.32 Å². The maximum Gasteiger partial charge on any atom is 0.244 e. The van der Waals surface area contributed by atoms with Crippen LogP contribution in [0.2, 0.25) is 0 Å². The number of carbonyl (C=O) groups excluding carboxylic acids is 1. The third-order valence-corrected chi connectivity index (χ3v) is 6.04. The quantitative estimate of drug-likeness (QED) is 0.268. The molecule has 0 aliphatic carbocycles. The molecule has 0 fully saturated rings. The van der Waals surface area contributed by atoms with E-state index in [0.717, 1.165) is 50.3 Å². The van der Waals surface area contributed by atoms with Crippen molar-refractivity contribution in [1.29, 1.82) is 0 Å². The number of ether oxygens (including phenoxy) is 3. The van der Waals surface area contributed by atoms with Gasteiger partial charge >= 0.3 is 0 Å². The lowest BCUT2D eigenvalue weighted by atomic mass is 9.99. The van der Waals surface area contributed by atoms with Crippen molar-refractivity contribution in [3.63, 3.8) is 0 Å². The van der Waals surface area contributed by atoms with Crippen LogP contribution in [0.15, 0.2) is 77.4 Å². The first-order valence-electron chi connectivity index (χ1n) is 11.9. The molecule has 186 valence electrons. The first-order valence-corrected chi connectivity index (χ1v) is 11.9. The van der Waals surface area contributed by atoms with Crippen LogP contribution in [0.4, 0.5) is 0 Å². The number of carbonyl (C=O) groups is 1. The number of fused-ring (bicyclic) bond motifs is 1. The summed E-state index contributed by atoms with van der Waals surface area (Å²) in [4.78, 5) is 12.7. The second kappa shape index (κ2) is 11.5. The van der Waals surface area contributed by atoms with Crippen LogP contribution >= 0.6 is 0 Å². The van der Waals surface area contributed by atoms with Gasteiger partial charge in [0.05, 0.1) is 27.1 Å². The van der Waals surface area contributed by atoms with Crippen LogP contribution in [0.1, 0.15) is 25.0 Å².